The fourth-order valence-corrected chi connectivity index (χ4v) is 4.16. The van der Waals surface area contributed by atoms with Crippen LogP contribution in [-0.4, -0.2) is 12.2 Å². The molecule has 0 aliphatic heterocycles. The Labute approximate surface area is 135 Å². The van der Waals surface area contributed by atoms with Crippen LogP contribution in [0.25, 0.3) is 21.6 Å². The van der Waals surface area contributed by atoms with Crippen molar-refractivity contribution in [3.05, 3.63) is 64.5 Å². The van der Waals surface area contributed by atoms with Gasteiger partial charge in [0.25, 0.3) is 0 Å². The summed E-state index contributed by atoms with van der Waals surface area (Å²) in [6.07, 6.45) is -1.03. The summed E-state index contributed by atoms with van der Waals surface area (Å²) in [4.78, 5) is 0.764. The highest BCUT2D eigenvalue weighted by molar-refractivity contribution is 7.14. The number of hydrogen-bond donors (Lipinski definition) is 1. The summed E-state index contributed by atoms with van der Waals surface area (Å²) >= 11 is 1.39. The molecule has 0 saturated carbocycles. The molecule has 3 aromatic rings. The Balaban J connectivity index is 2.19. The summed E-state index contributed by atoms with van der Waals surface area (Å²) < 4.78 is 33.8. The molecule has 1 heterocycles. The summed E-state index contributed by atoms with van der Waals surface area (Å²) in [6.45, 7) is 0. The quantitative estimate of drug-likeness (QED) is 0.697. The van der Waals surface area contributed by atoms with Crippen LogP contribution in [-0.2, 0) is 0 Å². The van der Waals surface area contributed by atoms with Gasteiger partial charge in [0, 0.05) is 21.4 Å². The normalized spacial score (nSPS) is 15.4. The lowest BCUT2D eigenvalue weighted by molar-refractivity contribution is 0.221. The monoisotopic (exact) mass is 330 g/mol. The zero-order valence-corrected chi connectivity index (χ0v) is 13.0. The molecule has 1 atom stereocenters. The lowest BCUT2D eigenvalue weighted by atomic mass is 9.95. The van der Waals surface area contributed by atoms with Crippen molar-refractivity contribution in [2.45, 2.75) is 6.10 Å². The molecule has 1 N–H and O–H groups in total. The molecule has 1 aliphatic rings. The van der Waals surface area contributed by atoms with E-state index in [9.17, 15) is 13.9 Å². The molecule has 1 aliphatic carbocycles. The first-order valence-electron chi connectivity index (χ1n) is 7.04. The predicted molar refractivity (Wildman–Crippen MR) is 85.7 cm³/mol. The summed E-state index contributed by atoms with van der Waals surface area (Å²) in [5.41, 5.74) is 2.38. The lowest BCUT2D eigenvalue weighted by Crippen LogP contribution is -2.03. The van der Waals surface area contributed by atoms with Crippen LogP contribution in [0.15, 0.2) is 41.8 Å². The largest absolute Gasteiger partial charge is 0.495 e. The highest BCUT2D eigenvalue weighted by Crippen LogP contribution is 2.52. The number of hydrogen-bond acceptors (Lipinski definition) is 3. The third-order valence-corrected chi connectivity index (χ3v) is 5.14. The number of ether oxygens (including phenoxy) is 1. The van der Waals surface area contributed by atoms with Crippen molar-refractivity contribution >= 4 is 11.3 Å². The van der Waals surface area contributed by atoms with Crippen LogP contribution in [0, 0.1) is 11.6 Å². The first kappa shape index (κ1) is 14.4. The molecule has 2 aromatic carbocycles. The van der Waals surface area contributed by atoms with E-state index < -0.39 is 17.7 Å². The van der Waals surface area contributed by atoms with E-state index in [1.54, 1.807) is 11.4 Å². The first-order valence-corrected chi connectivity index (χ1v) is 7.92. The van der Waals surface area contributed by atoms with Crippen molar-refractivity contribution in [1.29, 1.82) is 0 Å². The second kappa shape index (κ2) is 5.15. The molecular formula is C18H12F2O2S. The Morgan fingerprint density at radius 2 is 1.83 bits per heavy atom. The van der Waals surface area contributed by atoms with Gasteiger partial charge in [0.05, 0.1) is 7.11 Å². The van der Waals surface area contributed by atoms with E-state index in [1.807, 2.05) is 18.2 Å². The van der Waals surface area contributed by atoms with E-state index in [0.29, 0.717) is 22.4 Å². The van der Waals surface area contributed by atoms with Gasteiger partial charge in [-0.1, -0.05) is 30.3 Å². The fraction of sp³-hybridized carbons (Fsp3) is 0.111. The zero-order valence-electron chi connectivity index (χ0n) is 12.1. The van der Waals surface area contributed by atoms with Crippen molar-refractivity contribution in [3.8, 4) is 27.3 Å². The smallest absolute Gasteiger partial charge is 0.167 e. The van der Waals surface area contributed by atoms with Crippen LogP contribution in [0.5, 0.6) is 5.75 Å². The molecule has 116 valence electrons. The lowest BCUT2D eigenvalue weighted by Gasteiger charge is -2.15. The Bertz CT molecular complexity index is 917. The summed E-state index contributed by atoms with van der Waals surface area (Å²) in [7, 11) is 1.49. The molecule has 5 heteroatoms. The number of benzene rings is 2. The maximum Gasteiger partial charge on any atom is 0.167 e. The highest BCUT2D eigenvalue weighted by Gasteiger charge is 2.32. The molecule has 23 heavy (non-hydrogen) atoms. The SMILES string of the molecule is COc1csc2c1-c1c(ccc(F)c1F)C(O)c1ccccc1-2. The number of rotatable bonds is 1. The van der Waals surface area contributed by atoms with Gasteiger partial charge in [-0.3, -0.25) is 0 Å². The Kier molecular flexibility index (Phi) is 3.21. The van der Waals surface area contributed by atoms with E-state index in [0.717, 1.165) is 16.5 Å². The van der Waals surface area contributed by atoms with Crippen molar-refractivity contribution in [3.63, 3.8) is 0 Å². The van der Waals surface area contributed by atoms with Gasteiger partial charge in [0.15, 0.2) is 11.6 Å². The minimum Gasteiger partial charge on any atom is -0.495 e. The predicted octanol–water partition coefficient (Wildman–Crippen LogP) is 4.76. The number of aliphatic hydroxyl groups excluding tert-OH is 1. The molecule has 1 unspecified atom stereocenters. The molecule has 0 bridgehead atoms. The van der Waals surface area contributed by atoms with Crippen LogP contribution >= 0.6 is 11.3 Å². The van der Waals surface area contributed by atoms with Gasteiger partial charge >= 0.3 is 0 Å². The summed E-state index contributed by atoms with van der Waals surface area (Å²) in [5.74, 6) is -1.44. The molecule has 4 rings (SSSR count). The minimum absolute atomic E-state index is 0.0711. The topological polar surface area (TPSA) is 29.5 Å². The molecule has 0 saturated heterocycles. The third kappa shape index (κ3) is 1.93. The highest BCUT2D eigenvalue weighted by atomic mass is 32.1. The van der Waals surface area contributed by atoms with E-state index in [4.69, 9.17) is 4.74 Å². The summed E-state index contributed by atoms with van der Waals surface area (Å²) in [5, 5.41) is 12.5. The van der Waals surface area contributed by atoms with Gasteiger partial charge < -0.3 is 9.84 Å². The first-order chi connectivity index (χ1) is 11.1. The fourth-order valence-electron chi connectivity index (χ4n) is 3.08. The second-order valence-corrected chi connectivity index (χ2v) is 6.20. The molecule has 0 radical (unpaired) electrons. The van der Waals surface area contributed by atoms with Gasteiger partial charge in [0.1, 0.15) is 11.9 Å². The van der Waals surface area contributed by atoms with Crippen LogP contribution < -0.4 is 4.74 Å². The maximum absolute atomic E-state index is 14.6. The Morgan fingerprint density at radius 3 is 2.61 bits per heavy atom. The van der Waals surface area contributed by atoms with Gasteiger partial charge in [0.2, 0.25) is 0 Å². The molecule has 1 aromatic heterocycles. The molecule has 2 nitrogen and oxygen atoms in total. The average molecular weight is 330 g/mol. The molecule has 0 fully saturated rings. The summed E-state index contributed by atoms with van der Waals surface area (Å²) in [6, 6.07) is 9.82. The van der Waals surface area contributed by atoms with Gasteiger partial charge in [-0.25, -0.2) is 8.78 Å². The zero-order chi connectivity index (χ0) is 16.1. The second-order valence-electron chi connectivity index (χ2n) is 5.32. The van der Waals surface area contributed by atoms with E-state index in [-0.39, 0.29) is 5.56 Å². The van der Waals surface area contributed by atoms with E-state index in [2.05, 4.69) is 0 Å². The van der Waals surface area contributed by atoms with E-state index in [1.165, 1.54) is 24.5 Å². The Hall–Kier alpha value is -2.24. The van der Waals surface area contributed by atoms with Crippen LogP contribution in [0.1, 0.15) is 17.2 Å². The number of aliphatic hydroxyl groups is 1. The molecule has 0 amide bonds. The van der Waals surface area contributed by atoms with Gasteiger partial charge in [-0.05, 0) is 22.8 Å². The number of thiophene rings is 1. The van der Waals surface area contributed by atoms with Crippen molar-refractivity contribution in [1.82, 2.24) is 0 Å². The van der Waals surface area contributed by atoms with Crippen molar-refractivity contribution in [2.24, 2.45) is 0 Å². The number of methoxy groups -OCH3 is 1. The van der Waals surface area contributed by atoms with E-state index >= 15 is 0 Å². The molecule has 0 spiro atoms. The van der Waals surface area contributed by atoms with Gasteiger partial charge in [-0.15, -0.1) is 11.3 Å². The number of halogens is 2. The van der Waals surface area contributed by atoms with Crippen LogP contribution in [0.4, 0.5) is 8.78 Å². The third-order valence-electron chi connectivity index (χ3n) is 4.15. The average Bonchev–Trinajstić information content (AvgIpc) is 2.96. The Morgan fingerprint density at radius 1 is 1.04 bits per heavy atom. The van der Waals surface area contributed by atoms with Crippen molar-refractivity contribution < 1.29 is 18.6 Å². The van der Waals surface area contributed by atoms with Crippen LogP contribution in [0.3, 0.4) is 0 Å². The van der Waals surface area contributed by atoms with Crippen LogP contribution in [0.2, 0.25) is 0 Å². The van der Waals surface area contributed by atoms with Gasteiger partial charge in [-0.2, -0.15) is 0 Å². The maximum atomic E-state index is 14.6. The van der Waals surface area contributed by atoms with Crippen molar-refractivity contribution in [2.75, 3.05) is 7.11 Å². The standard InChI is InChI=1S/C18H12F2O2S/c1-22-13-8-23-18-10-5-3-2-4-9(10)17(21)11-6-7-12(19)16(20)14(11)15(13)18/h2-8,17,21H,1H3. The minimum atomic E-state index is -1.03. The molecular weight excluding hydrogens is 318 g/mol. The number of fused-ring (bicyclic) bond motifs is 5.